The normalized spacial score (nSPS) is 18.2. The summed E-state index contributed by atoms with van der Waals surface area (Å²) in [6.07, 6.45) is 4.61. The van der Waals surface area contributed by atoms with Crippen molar-refractivity contribution in [2.45, 2.75) is 6.10 Å². The van der Waals surface area contributed by atoms with Crippen LogP contribution in [0, 0.1) is 0 Å². The largest absolute Gasteiger partial charge is 0.367 e. The van der Waals surface area contributed by atoms with Gasteiger partial charge in [-0.3, -0.25) is 14.6 Å². The van der Waals surface area contributed by atoms with Crippen LogP contribution in [-0.2, 0) is 9.53 Å². The molecule has 3 rings (SSSR count). The van der Waals surface area contributed by atoms with Gasteiger partial charge in [0.2, 0.25) is 5.91 Å². The Morgan fingerprint density at radius 3 is 2.82 bits per heavy atom. The highest BCUT2D eigenvalue weighted by atomic mass is 16.5. The van der Waals surface area contributed by atoms with E-state index in [0.29, 0.717) is 12.2 Å². The lowest BCUT2D eigenvalue weighted by molar-refractivity contribution is -0.133. The van der Waals surface area contributed by atoms with Crippen molar-refractivity contribution in [3.05, 3.63) is 48.5 Å². The third-order valence-corrected chi connectivity index (χ3v) is 3.54. The number of hydrogen-bond acceptors (Lipinski definition) is 4. The fourth-order valence-electron chi connectivity index (χ4n) is 2.37. The number of nitrogens with zero attached hydrogens (tertiary/aromatic N) is 3. The summed E-state index contributed by atoms with van der Waals surface area (Å²) in [5, 5.41) is 0. The number of morpholine rings is 1. The molecule has 0 radical (unpaired) electrons. The Labute approximate surface area is 127 Å². The minimum atomic E-state index is -0.759. The Bertz CT molecular complexity index is 684. The molecule has 2 aromatic heterocycles. The highest BCUT2D eigenvalue weighted by molar-refractivity contribution is 5.93. The van der Waals surface area contributed by atoms with E-state index in [-0.39, 0.29) is 19.1 Å². The van der Waals surface area contributed by atoms with E-state index in [4.69, 9.17) is 10.5 Å². The van der Waals surface area contributed by atoms with Crippen LogP contribution in [0.5, 0.6) is 0 Å². The molecule has 7 heteroatoms. The van der Waals surface area contributed by atoms with Gasteiger partial charge in [-0.05, 0) is 24.3 Å². The van der Waals surface area contributed by atoms with E-state index in [2.05, 4.69) is 4.98 Å². The zero-order valence-electron chi connectivity index (χ0n) is 11.9. The molecule has 22 heavy (non-hydrogen) atoms. The summed E-state index contributed by atoms with van der Waals surface area (Å²) in [5.41, 5.74) is 6.42. The van der Waals surface area contributed by atoms with E-state index < -0.39 is 12.0 Å². The molecule has 2 N–H and O–H groups in total. The molecule has 0 spiro atoms. The van der Waals surface area contributed by atoms with Gasteiger partial charge in [0.15, 0.2) is 6.10 Å². The lowest BCUT2D eigenvalue weighted by Gasteiger charge is -2.31. The molecule has 1 aliphatic rings. The second-order valence-corrected chi connectivity index (χ2v) is 5.00. The van der Waals surface area contributed by atoms with E-state index in [1.165, 1.54) is 0 Å². The molecular formula is C15H16N4O3. The van der Waals surface area contributed by atoms with Gasteiger partial charge in [-0.2, -0.15) is 0 Å². The molecule has 1 unspecified atom stereocenters. The SMILES string of the molecule is NC(=O)C1CN(C(=O)c2cc(-n3cccc3)ccn2)CCO1. The smallest absolute Gasteiger partial charge is 0.272 e. The third kappa shape index (κ3) is 2.84. The first kappa shape index (κ1) is 14.3. The van der Waals surface area contributed by atoms with Crippen LogP contribution in [0.15, 0.2) is 42.9 Å². The average Bonchev–Trinajstić information content (AvgIpc) is 3.09. The van der Waals surface area contributed by atoms with Crippen molar-refractivity contribution in [1.82, 2.24) is 14.5 Å². The fourth-order valence-corrected chi connectivity index (χ4v) is 2.37. The molecule has 3 heterocycles. The number of aromatic nitrogens is 2. The highest BCUT2D eigenvalue weighted by Gasteiger charge is 2.28. The standard InChI is InChI=1S/C15H16N4O3/c16-14(20)13-10-19(7-8-22-13)15(21)12-9-11(3-4-17-12)18-5-1-2-6-18/h1-6,9,13H,7-8,10H2,(H2,16,20). The van der Waals surface area contributed by atoms with Crippen LogP contribution in [0.4, 0.5) is 0 Å². The summed E-state index contributed by atoms with van der Waals surface area (Å²) in [4.78, 5) is 29.4. The molecular weight excluding hydrogens is 284 g/mol. The number of rotatable bonds is 3. The number of hydrogen-bond donors (Lipinski definition) is 1. The maximum Gasteiger partial charge on any atom is 0.272 e. The summed E-state index contributed by atoms with van der Waals surface area (Å²) >= 11 is 0. The molecule has 114 valence electrons. The number of primary amides is 1. The molecule has 0 bridgehead atoms. The number of carbonyl (C=O) groups is 2. The summed E-state index contributed by atoms with van der Waals surface area (Å²) < 4.78 is 7.14. The lowest BCUT2D eigenvalue weighted by Crippen LogP contribution is -2.50. The van der Waals surface area contributed by atoms with Crippen molar-refractivity contribution >= 4 is 11.8 Å². The van der Waals surface area contributed by atoms with E-state index in [1.807, 2.05) is 35.2 Å². The topological polar surface area (TPSA) is 90.5 Å². The Morgan fingerprint density at radius 2 is 2.09 bits per heavy atom. The van der Waals surface area contributed by atoms with Gasteiger partial charge in [-0.1, -0.05) is 0 Å². The predicted octanol–water partition coefficient (Wildman–Crippen LogP) is 0.199. The van der Waals surface area contributed by atoms with E-state index in [9.17, 15) is 9.59 Å². The summed E-state index contributed by atoms with van der Waals surface area (Å²) in [5.74, 6) is -0.796. The Morgan fingerprint density at radius 1 is 1.32 bits per heavy atom. The number of pyridine rings is 1. The van der Waals surface area contributed by atoms with Gasteiger partial charge >= 0.3 is 0 Å². The molecule has 2 amide bonds. The summed E-state index contributed by atoms with van der Waals surface area (Å²) in [6, 6.07) is 7.35. The van der Waals surface area contributed by atoms with Crippen LogP contribution in [0.3, 0.4) is 0 Å². The minimum Gasteiger partial charge on any atom is -0.367 e. The Hall–Kier alpha value is -2.67. The molecule has 1 fully saturated rings. The van der Waals surface area contributed by atoms with Gasteiger partial charge in [0.25, 0.3) is 5.91 Å². The first-order valence-electron chi connectivity index (χ1n) is 6.95. The zero-order valence-corrected chi connectivity index (χ0v) is 11.9. The van der Waals surface area contributed by atoms with Crippen molar-refractivity contribution in [3.8, 4) is 5.69 Å². The molecule has 1 saturated heterocycles. The predicted molar refractivity (Wildman–Crippen MR) is 78.4 cm³/mol. The second-order valence-electron chi connectivity index (χ2n) is 5.00. The van der Waals surface area contributed by atoms with Crippen molar-refractivity contribution in [2.75, 3.05) is 19.7 Å². The molecule has 0 aromatic carbocycles. The fraction of sp³-hybridized carbons (Fsp3) is 0.267. The number of ether oxygens (including phenoxy) is 1. The molecule has 2 aromatic rings. The summed E-state index contributed by atoms with van der Waals surface area (Å²) in [6.45, 7) is 0.859. The average molecular weight is 300 g/mol. The van der Waals surface area contributed by atoms with Gasteiger partial charge in [0, 0.05) is 30.8 Å². The molecule has 1 aliphatic heterocycles. The third-order valence-electron chi connectivity index (χ3n) is 3.54. The molecule has 1 atom stereocenters. The summed E-state index contributed by atoms with van der Waals surface area (Å²) in [7, 11) is 0. The molecule has 0 saturated carbocycles. The van der Waals surface area contributed by atoms with E-state index in [1.54, 1.807) is 17.2 Å². The van der Waals surface area contributed by atoms with Crippen LogP contribution in [0.1, 0.15) is 10.5 Å². The zero-order chi connectivity index (χ0) is 15.5. The van der Waals surface area contributed by atoms with Gasteiger partial charge in [0.1, 0.15) is 5.69 Å². The second kappa shape index (κ2) is 5.98. The monoisotopic (exact) mass is 300 g/mol. The van der Waals surface area contributed by atoms with Crippen molar-refractivity contribution < 1.29 is 14.3 Å². The van der Waals surface area contributed by atoms with Crippen molar-refractivity contribution in [2.24, 2.45) is 5.73 Å². The van der Waals surface area contributed by atoms with Crippen molar-refractivity contribution in [1.29, 1.82) is 0 Å². The Kier molecular flexibility index (Phi) is 3.88. The van der Waals surface area contributed by atoms with Crippen LogP contribution in [0.25, 0.3) is 5.69 Å². The van der Waals surface area contributed by atoms with Crippen molar-refractivity contribution in [3.63, 3.8) is 0 Å². The van der Waals surface area contributed by atoms with Gasteiger partial charge < -0.3 is 19.9 Å². The number of nitrogens with two attached hydrogens (primary N) is 1. The quantitative estimate of drug-likeness (QED) is 0.876. The first-order valence-corrected chi connectivity index (χ1v) is 6.95. The van der Waals surface area contributed by atoms with Crippen LogP contribution in [-0.4, -0.2) is 52.1 Å². The van der Waals surface area contributed by atoms with Crippen LogP contribution >= 0.6 is 0 Å². The number of amides is 2. The van der Waals surface area contributed by atoms with Gasteiger partial charge in [0.05, 0.1) is 13.2 Å². The van der Waals surface area contributed by atoms with Crippen LogP contribution in [0.2, 0.25) is 0 Å². The van der Waals surface area contributed by atoms with Gasteiger partial charge in [-0.25, -0.2) is 0 Å². The first-order chi connectivity index (χ1) is 10.6. The number of carbonyl (C=O) groups excluding carboxylic acids is 2. The maximum absolute atomic E-state index is 12.5. The van der Waals surface area contributed by atoms with E-state index >= 15 is 0 Å². The maximum atomic E-state index is 12.5. The molecule has 7 nitrogen and oxygen atoms in total. The van der Waals surface area contributed by atoms with Crippen LogP contribution < -0.4 is 5.73 Å². The minimum absolute atomic E-state index is 0.156. The van der Waals surface area contributed by atoms with E-state index in [0.717, 1.165) is 5.69 Å². The van der Waals surface area contributed by atoms with Gasteiger partial charge in [-0.15, -0.1) is 0 Å². The highest BCUT2D eigenvalue weighted by Crippen LogP contribution is 2.13. The lowest BCUT2D eigenvalue weighted by atomic mass is 10.2. The molecule has 0 aliphatic carbocycles. The Balaban J connectivity index is 1.80.